The summed E-state index contributed by atoms with van der Waals surface area (Å²) < 4.78 is 0. The van der Waals surface area contributed by atoms with Crippen LogP contribution < -0.4 is 10.2 Å². The van der Waals surface area contributed by atoms with Gasteiger partial charge in [-0.25, -0.2) is 0 Å². The van der Waals surface area contributed by atoms with Crippen LogP contribution in [0.1, 0.15) is 37.6 Å². The van der Waals surface area contributed by atoms with E-state index in [-0.39, 0.29) is 17.9 Å². The van der Waals surface area contributed by atoms with Gasteiger partial charge in [-0.15, -0.1) is 10.2 Å². The summed E-state index contributed by atoms with van der Waals surface area (Å²) in [6.45, 7) is 5.53. The smallest absolute Gasteiger partial charge is 0.226 e. The van der Waals surface area contributed by atoms with Gasteiger partial charge < -0.3 is 10.2 Å². The molecule has 18 heavy (non-hydrogen) atoms. The average Bonchev–Trinajstić information content (AvgIpc) is 2.96. The number of rotatable bonds is 4. The third-order valence-electron chi connectivity index (χ3n) is 3.31. The number of amides is 1. The van der Waals surface area contributed by atoms with Gasteiger partial charge >= 0.3 is 0 Å². The Morgan fingerprint density at radius 1 is 1.39 bits per heavy atom. The van der Waals surface area contributed by atoms with E-state index in [1.54, 1.807) is 11.3 Å². The molecule has 98 valence electrons. The highest BCUT2D eigenvalue weighted by Crippen LogP contribution is 2.43. The lowest BCUT2D eigenvalue weighted by Crippen LogP contribution is -2.54. The Bertz CT molecular complexity index is 449. The lowest BCUT2D eigenvalue weighted by Gasteiger charge is -2.37. The first-order chi connectivity index (χ1) is 8.63. The zero-order chi connectivity index (χ0) is 12.7. The van der Waals surface area contributed by atoms with Gasteiger partial charge in [0.15, 0.2) is 0 Å². The molecule has 2 aliphatic rings. The van der Waals surface area contributed by atoms with E-state index < -0.39 is 0 Å². The van der Waals surface area contributed by atoms with E-state index in [0.29, 0.717) is 5.92 Å². The van der Waals surface area contributed by atoms with Gasteiger partial charge in [0.1, 0.15) is 5.01 Å². The lowest BCUT2D eigenvalue weighted by atomic mass is 10.00. The standard InChI is InChI=1S/C12H18N4OS/c1-7(2)13-10(17)9-5-16(6-9)12-15-14-11(18-12)8-3-4-8/h7-9H,3-6H2,1-2H3,(H,13,17). The van der Waals surface area contributed by atoms with Crippen LogP contribution in [-0.2, 0) is 4.79 Å². The molecule has 1 saturated carbocycles. The summed E-state index contributed by atoms with van der Waals surface area (Å²) in [5.74, 6) is 0.936. The average molecular weight is 266 g/mol. The van der Waals surface area contributed by atoms with Crippen molar-refractivity contribution in [1.82, 2.24) is 15.5 Å². The van der Waals surface area contributed by atoms with Crippen LogP contribution in [-0.4, -0.2) is 35.2 Å². The maximum Gasteiger partial charge on any atom is 0.226 e. The van der Waals surface area contributed by atoms with Crippen molar-refractivity contribution in [3.8, 4) is 0 Å². The second-order valence-corrected chi connectivity index (χ2v) is 6.45. The minimum atomic E-state index is 0.112. The van der Waals surface area contributed by atoms with Crippen molar-refractivity contribution in [1.29, 1.82) is 0 Å². The molecular formula is C12H18N4OS. The normalized spacial score (nSPS) is 20.1. The summed E-state index contributed by atoms with van der Waals surface area (Å²) in [6.07, 6.45) is 2.52. The molecule has 3 rings (SSSR count). The van der Waals surface area contributed by atoms with Gasteiger partial charge in [0.2, 0.25) is 11.0 Å². The second kappa shape index (κ2) is 4.50. The van der Waals surface area contributed by atoms with Crippen molar-refractivity contribution >= 4 is 22.4 Å². The van der Waals surface area contributed by atoms with Crippen LogP contribution in [0.15, 0.2) is 0 Å². The molecule has 1 aliphatic carbocycles. The van der Waals surface area contributed by atoms with E-state index in [2.05, 4.69) is 20.4 Å². The largest absolute Gasteiger partial charge is 0.354 e. The summed E-state index contributed by atoms with van der Waals surface area (Å²) in [4.78, 5) is 13.9. The van der Waals surface area contributed by atoms with Crippen molar-refractivity contribution < 1.29 is 4.79 Å². The van der Waals surface area contributed by atoms with Gasteiger partial charge in [-0.3, -0.25) is 4.79 Å². The summed E-state index contributed by atoms with van der Waals surface area (Å²) >= 11 is 1.69. The minimum Gasteiger partial charge on any atom is -0.354 e. The maximum atomic E-state index is 11.8. The Morgan fingerprint density at radius 2 is 2.11 bits per heavy atom. The molecule has 0 bridgehead atoms. The van der Waals surface area contributed by atoms with Crippen LogP contribution in [0.2, 0.25) is 0 Å². The van der Waals surface area contributed by atoms with E-state index in [1.807, 2.05) is 13.8 Å². The third-order valence-corrected chi connectivity index (χ3v) is 4.46. The highest BCUT2D eigenvalue weighted by Gasteiger charge is 2.36. The molecule has 0 radical (unpaired) electrons. The molecule has 2 fully saturated rings. The fraction of sp³-hybridized carbons (Fsp3) is 0.750. The fourth-order valence-corrected chi connectivity index (χ4v) is 3.08. The van der Waals surface area contributed by atoms with Gasteiger partial charge in [0.05, 0.1) is 5.92 Å². The molecule has 1 saturated heterocycles. The number of hydrogen-bond acceptors (Lipinski definition) is 5. The number of nitrogens with one attached hydrogen (secondary N) is 1. The predicted octanol–water partition coefficient (Wildman–Crippen LogP) is 1.38. The van der Waals surface area contributed by atoms with E-state index >= 15 is 0 Å². The van der Waals surface area contributed by atoms with Gasteiger partial charge in [-0.1, -0.05) is 11.3 Å². The van der Waals surface area contributed by atoms with Crippen LogP contribution in [0, 0.1) is 5.92 Å². The van der Waals surface area contributed by atoms with Crippen LogP contribution in [0.5, 0.6) is 0 Å². The number of anilines is 1. The molecule has 0 atom stereocenters. The van der Waals surface area contributed by atoms with Gasteiger partial charge in [-0.2, -0.15) is 0 Å². The van der Waals surface area contributed by atoms with Crippen molar-refractivity contribution in [2.24, 2.45) is 5.92 Å². The molecule has 5 nitrogen and oxygen atoms in total. The number of carbonyl (C=O) groups excluding carboxylic acids is 1. The van der Waals surface area contributed by atoms with E-state index in [0.717, 1.165) is 18.2 Å². The molecule has 2 heterocycles. The summed E-state index contributed by atoms with van der Waals surface area (Å²) in [6, 6.07) is 0.217. The Kier molecular flexibility index (Phi) is 2.97. The molecule has 1 N–H and O–H groups in total. The zero-order valence-electron chi connectivity index (χ0n) is 10.7. The lowest BCUT2D eigenvalue weighted by molar-refractivity contribution is -0.126. The molecule has 1 aliphatic heterocycles. The first kappa shape index (κ1) is 11.9. The highest BCUT2D eigenvalue weighted by molar-refractivity contribution is 7.15. The third kappa shape index (κ3) is 2.34. The summed E-state index contributed by atoms with van der Waals surface area (Å²) in [5.41, 5.74) is 0. The summed E-state index contributed by atoms with van der Waals surface area (Å²) in [7, 11) is 0. The number of carbonyl (C=O) groups is 1. The number of nitrogens with zero attached hydrogens (tertiary/aromatic N) is 3. The molecule has 1 amide bonds. The SMILES string of the molecule is CC(C)NC(=O)C1CN(c2nnc(C3CC3)s2)C1. The summed E-state index contributed by atoms with van der Waals surface area (Å²) in [5, 5.41) is 13.5. The number of aromatic nitrogens is 2. The van der Waals surface area contributed by atoms with E-state index in [4.69, 9.17) is 0 Å². The second-order valence-electron chi connectivity index (χ2n) is 5.46. The molecule has 0 spiro atoms. The van der Waals surface area contributed by atoms with Crippen molar-refractivity contribution in [2.45, 2.75) is 38.6 Å². The zero-order valence-corrected chi connectivity index (χ0v) is 11.5. The van der Waals surface area contributed by atoms with Crippen molar-refractivity contribution in [3.05, 3.63) is 5.01 Å². The van der Waals surface area contributed by atoms with Gasteiger partial charge in [0.25, 0.3) is 0 Å². The first-order valence-electron chi connectivity index (χ1n) is 6.52. The van der Waals surface area contributed by atoms with Crippen molar-refractivity contribution in [3.63, 3.8) is 0 Å². The molecule has 6 heteroatoms. The van der Waals surface area contributed by atoms with Crippen molar-refractivity contribution in [2.75, 3.05) is 18.0 Å². The number of hydrogen-bond donors (Lipinski definition) is 1. The first-order valence-corrected chi connectivity index (χ1v) is 7.34. The van der Waals surface area contributed by atoms with Crippen LogP contribution in [0.25, 0.3) is 0 Å². The molecule has 1 aromatic rings. The van der Waals surface area contributed by atoms with Crippen LogP contribution in [0.4, 0.5) is 5.13 Å². The molecule has 0 aromatic carbocycles. The minimum absolute atomic E-state index is 0.112. The Morgan fingerprint density at radius 3 is 2.72 bits per heavy atom. The fourth-order valence-electron chi connectivity index (χ4n) is 2.05. The van der Waals surface area contributed by atoms with E-state index in [1.165, 1.54) is 17.8 Å². The molecule has 0 unspecified atom stereocenters. The Balaban J connectivity index is 1.53. The quantitative estimate of drug-likeness (QED) is 0.894. The topological polar surface area (TPSA) is 58.1 Å². The van der Waals surface area contributed by atoms with Crippen LogP contribution in [0.3, 0.4) is 0 Å². The maximum absolute atomic E-state index is 11.8. The Hall–Kier alpha value is -1.17. The van der Waals surface area contributed by atoms with Crippen LogP contribution >= 0.6 is 11.3 Å². The van der Waals surface area contributed by atoms with E-state index in [9.17, 15) is 4.79 Å². The predicted molar refractivity (Wildman–Crippen MR) is 70.9 cm³/mol. The monoisotopic (exact) mass is 266 g/mol. The van der Waals surface area contributed by atoms with Gasteiger partial charge in [0, 0.05) is 25.0 Å². The molecule has 1 aromatic heterocycles. The Labute approximate surface area is 111 Å². The van der Waals surface area contributed by atoms with Gasteiger partial charge in [-0.05, 0) is 26.7 Å². The highest BCUT2D eigenvalue weighted by atomic mass is 32.1. The molecular weight excluding hydrogens is 248 g/mol.